The maximum absolute atomic E-state index is 10.8. The van der Waals surface area contributed by atoms with Crippen molar-refractivity contribution in [1.82, 2.24) is 5.43 Å². The maximum Gasteiger partial charge on any atom is 0.358 e. The molecule has 0 spiro atoms. The number of rotatable bonds is 7. The highest BCUT2D eigenvalue weighted by Crippen LogP contribution is 2.26. The molecule has 0 saturated heterocycles. The van der Waals surface area contributed by atoms with Crippen molar-refractivity contribution in [3.05, 3.63) is 58.6 Å². The number of carboxylic acid groups (broad SMARTS) is 1. The topological polar surface area (TPSA) is 111 Å². The Balaban J connectivity index is 3.08. The quantitative estimate of drug-likeness (QED) is 0.265. The molecule has 21 heavy (non-hydrogen) atoms. The van der Waals surface area contributed by atoms with E-state index in [0.29, 0.717) is 10.6 Å². The van der Waals surface area contributed by atoms with Crippen LogP contribution in [0.2, 0.25) is 5.02 Å². The second-order valence-corrected chi connectivity index (χ2v) is 4.33. The Bertz CT molecular complexity index is 612. The highest BCUT2D eigenvalue weighted by atomic mass is 35.5. The van der Waals surface area contributed by atoms with Crippen LogP contribution in [0.1, 0.15) is 16.7 Å². The monoisotopic (exact) mass is 309 g/mol. The van der Waals surface area contributed by atoms with Gasteiger partial charge in [0.05, 0.1) is 0 Å². The number of halogens is 1. The summed E-state index contributed by atoms with van der Waals surface area (Å²) in [7, 11) is 0. The molecule has 0 bridgehead atoms. The number of hydrogen-bond acceptors (Lipinski definition) is 5. The number of aliphatic carboxylic acids is 1. The third kappa shape index (κ3) is 3.77. The summed E-state index contributed by atoms with van der Waals surface area (Å²) in [4.78, 5) is 10.8. The smallest absolute Gasteiger partial charge is 0.358 e. The predicted octanol–water partition coefficient (Wildman–Crippen LogP) is 1.82. The average molecular weight is 310 g/mol. The molecule has 0 aromatic heterocycles. The highest BCUT2D eigenvalue weighted by molar-refractivity contribution is 6.32. The zero-order valence-electron chi connectivity index (χ0n) is 11.2. The zero-order chi connectivity index (χ0) is 16.0. The van der Waals surface area contributed by atoms with E-state index in [0.717, 1.165) is 11.1 Å². The Labute approximate surface area is 127 Å². The Kier molecular flexibility index (Phi) is 5.83. The zero-order valence-corrected chi connectivity index (χ0v) is 12.0. The van der Waals surface area contributed by atoms with Crippen molar-refractivity contribution in [1.29, 1.82) is 0 Å². The molecule has 0 fully saturated rings. The Morgan fingerprint density at radius 3 is 2.48 bits per heavy atom. The van der Waals surface area contributed by atoms with Crippen LogP contribution < -0.4 is 17.0 Å². The molecule has 1 rings (SSSR count). The van der Waals surface area contributed by atoms with E-state index < -0.39 is 11.7 Å². The molecule has 0 heterocycles. The Hall–Kier alpha value is -2.44. The molecule has 0 atom stereocenters. The first-order chi connectivity index (χ1) is 9.96. The number of hydrazine groups is 1. The molecule has 0 aliphatic heterocycles. The van der Waals surface area contributed by atoms with Gasteiger partial charge in [-0.05, 0) is 17.2 Å². The summed E-state index contributed by atoms with van der Waals surface area (Å²) in [6.45, 7) is 7.44. The Morgan fingerprint density at radius 1 is 1.38 bits per heavy atom. The van der Waals surface area contributed by atoms with Crippen molar-refractivity contribution in [2.75, 3.05) is 0 Å². The summed E-state index contributed by atoms with van der Waals surface area (Å²) in [5.74, 6) is 3.43. The number of nitrogens with two attached hydrogens (primary N) is 2. The van der Waals surface area contributed by atoms with Gasteiger partial charge in [0.2, 0.25) is 5.88 Å². The fourth-order valence-corrected chi connectivity index (χ4v) is 1.94. The molecule has 0 radical (unpaired) electrons. The van der Waals surface area contributed by atoms with Crippen LogP contribution in [0, 0.1) is 0 Å². The van der Waals surface area contributed by atoms with Crippen molar-refractivity contribution < 1.29 is 14.6 Å². The second kappa shape index (κ2) is 7.37. The summed E-state index contributed by atoms with van der Waals surface area (Å²) < 4.78 is 5.23. The number of benzene rings is 1. The summed E-state index contributed by atoms with van der Waals surface area (Å²) in [5.41, 5.74) is 9.26. The van der Waals surface area contributed by atoms with Gasteiger partial charge in [0.1, 0.15) is 6.61 Å². The first kappa shape index (κ1) is 16.6. The van der Waals surface area contributed by atoms with Crippen LogP contribution in [0.5, 0.6) is 0 Å². The van der Waals surface area contributed by atoms with E-state index in [4.69, 9.17) is 33.0 Å². The summed E-state index contributed by atoms with van der Waals surface area (Å²) in [6.07, 6.45) is 3.22. The minimum atomic E-state index is -1.32. The van der Waals surface area contributed by atoms with E-state index in [2.05, 4.69) is 13.2 Å². The van der Waals surface area contributed by atoms with Crippen molar-refractivity contribution in [2.45, 2.75) is 6.61 Å². The second-order valence-electron chi connectivity index (χ2n) is 3.92. The van der Waals surface area contributed by atoms with Crippen LogP contribution in [0.25, 0.3) is 12.2 Å². The first-order valence-corrected chi connectivity index (χ1v) is 6.22. The van der Waals surface area contributed by atoms with Crippen LogP contribution in [-0.4, -0.2) is 11.1 Å². The fourth-order valence-electron chi connectivity index (χ4n) is 1.70. The largest absolute Gasteiger partial charge is 0.476 e. The van der Waals surface area contributed by atoms with E-state index in [-0.39, 0.29) is 12.5 Å². The van der Waals surface area contributed by atoms with E-state index in [1.165, 1.54) is 0 Å². The van der Waals surface area contributed by atoms with Gasteiger partial charge in [0.15, 0.2) is 5.70 Å². The standard InChI is InChI=1S/C14H16ClN3O3/c1-3-9-8(5-6-11(15)10(9)4-2)7-21-13(16)12(18-17)14(19)20/h3-6,18H,1-2,7,16-17H2,(H,19,20)/b13-12+. The van der Waals surface area contributed by atoms with Gasteiger partial charge in [-0.3, -0.25) is 5.84 Å². The van der Waals surface area contributed by atoms with E-state index >= 15 is 0 Å². The molecule has 1 aromatic rings. The molecular formula is C14H16ClN3O3. The number of nitrogens with one attached hydrogen (secondary N) is 1. The van der Waals surface area contributed by atoms with Crippen LogP contribution in [0.4, 0.5) is 0 Å². The van der Waals surface area contributed by atoms with Gasteiger partial charge in [-0.25, -0.2) is 4.79 Å². The predicted molar refractivity (Wildman–Crippen MR) is 82.6 cm³/mol. The number of ether oxygens (including phenoxy) is 1. The number of carboxylic acids is 1. The normalized spacial score (nSPS) is 11.3. The lowest BCUT2D eigenvalue weighted by Crippen LogP contribution is -2.30. The van der Waals surface area contributed by atoms with Gasteiger partial charge >= 0.3 is 5.97 Å². The lowest BCUT2D eigenvalue weighted by Gasteiger charge is -2.13. The maximum atomic E-state index is 10.8. The van der Waals surface area contributed by atoms with Crippen molar-refractivity contribution in [2.24, 2.45) is 11.6 Å². The minimum absolute atomic E-state index is 0.0314. The molecule has 7 heteroatoms. The fraction of sp³-hybridized carbons (Fsp3) is 0.0714. The van der Waals surface area contributed by atoms with Gasteiger partial charge in [-0.15, -0.1) is 0 Å². The van der Waals surface area contributed by atoms with Gasteiger partial charge in [-0.1, -0.05) is 43.0 Å². The molecule has 0 aliphatic carbocycles. The SMILES string of the molecule is C=Cc1c(Cl)ccc(CO/C(N)=C(/NN)C(=O)O)c1C=C. The van der Waals surface area contributed by atoms with E-state index in [1.807, 2.05) is 5.43 Å². The number of carbonyl (C=O) groups is 1. The molecule has 0 unspecified atom stereocenters. The van der Waals surface area contributed by atoms with Crippen molar-refractivity contribution in [3.63, 3.8) is 0 Å². The first-order valence-electron chi connectivity index (χ1n) is 5.84. The third-order valence-corrected chi connectivity index (χ3v) is 3.05. The lowest BCUT2D eigenvalue weighted by molar-refractivity contribution is -0.133. The van der Waals surface area contributed by atoms with E-state index in [9.17, 15) is 4.79 Å². The lowest BCUT2D eigenvalue weighted by atomic mass is 10.0. The van der Waals surface area contributed by atoms with Crippen LogP contribution in [0.3, 0.4) is 0 Å². The molecular weight excluding hydrogens is 294 g/mol. The molecule has 6 nitrogen and oxygen atoms in total. The van der Waals surface area contributed by atoms with Gasteiger partial charge in [0, 0.05) is 10.6 Å². The minimum Gasteiger partial charge on any atom is -0.476 e. The average Bonchev–Trinajstić information content (AvgIpc) is 2.45. The van der Waals surface area contributed by atoms with Gasteiger partial charge in [-0.2, -0.15) is 0 Å². The molecule has 6 N–H and O–H groups in total. The Morgan fingerprint density at radius 2 is 2.00 bits per heavy atom. The molecule has 112 valence electrons. The molecule has 0 saturated carbocycles. The van der Waals surface area contributed by atoms with Crippen LogP contribution in [0.15, 0.2) is 36.9 Å². The van der Waals surface area contributed by atoms with Gasteiger partial charge < -0.3 is 21.0 Å². The van der Waals surface area contributed by atoms with Gasteiger partial charge in [0.25, 0.3) is 0 Å². The van der Waals surface area contributed by atoms with Crippen LogP contribution in [-0.2, 0) is 16.1 Å². The summed E-state index contributed by atoms with van der Waals surface area (Å²) in [5, 5.41) is 9.38. The molecule has 0 amide bonds. The summed E-state index contributed by atoms with van der Waals surface area (Å²) >= 11 is 6.06. The van der Waals surface area contributed by atoms with Crippen LogP contribution >= 0.6 is 11.6 Å². The van der Waals surface area contributed by atoms with Crippen molar-refractivity contribution in [3.8, 4) is 0 Å². The third-order valence-electron chi connectivity index (χ3n) is 2.72. The summed E-state index contributed by atoms with van der Waals surface area (Å²) in [6, 6.07) is 3.42. The number of hydrogen-bond donors (Lipinski definition) is 4. The van der Waals surface area contributed by atoms with Crippen molar-refractivity contribution >= 4 is 29.7 Å². The van der Waals surface area contributed by atoms with E-state index in [1.54, 1.807) is 24.3 Å². The molecule has 0 aliphatic rings. The highest BCUT2D eigenvalue weighted by Gasteiger charge is 2.13. The molecule has 1 aromatic carbocycles.